The van der Waals surface area contributed by atoms with E-state index >= 15 is 0 Å². The van der Waals surface area contributed by atoms with Gasteiger partial charge >= 0.3 is 12.0 Å². The molecule has 2 amide bonds. The number of aliphatic carboxylic acids is 1. The Morgan fingerprint density at radius 3 is 2.58 bits per heavy atom. The Balaban J connectivity index is 2.49. The quantitative estimate of drug-likeness (QED) is 0.652. The fourth-order valence-corrected chi connectivity index (χ4v) is 1.73. The predicted octanol–water partition coefficient (Wildman–Crippen LogP) is 1.15. The largest absolute Gasteiger partial charge is 0.479 e. The van der Waals surface area contributed by atoms with Crippen molar-refractivity contribution in [3.63, 3.8) is 0 Å². The lowest BCUT2D eigenvalue weighted by atomic mass is 10.1. The molecular formula is C12H15ClN2O4. The van der Waals surface area contributed by atoms with Gasteiger partial charge in [0.05, 0.1) is 12.6 Å². The Labute approximate surface area is 115 Å². The van der Waals surface area contributed by atoms with Gasteiger partial charge in [0.1, 0.15) is 0 Å². The molecule has 1 rings (SSSR count). The molecule has 0 bridgehead atoms. The van der Waals surface area contributed by atoms with Gasteiger partial charge in [0, 0.05) is 5.02 Å². The summed E-state index contributed by atoms with van der Waals surface area (Å²) in [7, 11) is 0. The molecule has 0 aliphatic rings. The lowest BCUT2D eigenvalue weighted by Gasteiger charge is -2.16. The molecule has 7 heteroatoms. The van der Waals surface area contributed by atoms with Gasteiger partial charge in [0.2, 0.25) is 0 Å². The van der Waals surface area contributed by atoms with Crippen LogP contribution in [0.4, 0.5) is 4.79 Å². The normalized spacial score (nSPS) is 13.4. The average molecular weight is 287 g/mol. The Hall–Kier alpha value is -1.79. The minimum absolute atomic E-state index is 0.337. The van der Waals surface area contributed by atoms with Gasteiger partial charge in [-0.05, 0) is 18.6 Å². The first-order valence-electron chi connectivity index (χ1n) is 5.61. The first-order valence-corrected chi connectivity index (χ1v) is 5.99. The van der Waals surface area contributed by atoms with Crippen LogP contribution in [0.5, 0.6) is 0 Å². The van der Waals surface area contributed by atoms with E-state index in [-0.39, 0.29) is 12.6 Å². The van der Waals surface area contributed by atoms with Crippen molar-refractivity contribution in [2.24, 2.45) is 0 Å². The van der Waals surface area contributed by atoms with E-state index in [1.807, 2.05) is 0 Å². The van der Waals surface area contributed by atoms with Crippen molar-refractivity contribution in [2.45, 2.75) is 19.1 Å². The zero-order chi connectivity index (χ0) is 14.4. The standard InChI is InChI=1S/C12H15ClN2O4/c1-7(8-4-2-3-5-9(8)13)15-12(19)14-6-10(16)11(17)18/h2-5,7,10,16H,6H2,1H3,(H,17,18)(H2,14,15,19). The Morgan fingerprint density at radius 1 is 1.37 bits per heavy atom. The van der Waals surface area contributed by atoms with E-state index in [1.165, 1.54) is 0 Å². The predicted molar refractivity (Wildman–Crippen MR) is 70.0 cm³/mol. The smallest absolute Gasteiger partial charge is 0.334 e. The molecule has 0 spiro atoms. The van der Waals surface area contributed by atoms with Crippen LogP contribution in [0, 0.1) is 0 Å². The van der Waals surface area contributed by atoms with Crippen LogP contribution in [0.1, 0.15) is 18.5 Å². The van der Waals surface area contributed by atoms with Gasteiger partial charge in [0.15, 0.2) is 6.10 Å². The number of carbonyl (C=O) groups is 2. The number of carboxylic acid groups (broad SMARTS) is 1. The summed E-state index contributed by atoms with van der Waals surface area (Å²) in [5.41, 5.74) is 0.748. The number of benzene rings is 1. The minimum Gasteiger partial charge on any atom is -0.479 e. The Bertz CT molecular complexity index is 467. The van der Waals surface area contributed by atoms with Crippen LogP contribution in [0.25, 0.3) is 0 Å². The molecule has 2 atom stereocenters. The third kappa shape index (κ3) is 4.76. The summed E-state index contributed by atoms with van der Waals surface area (Å²) >= 11 is 5.98. The highest BCUT2D eigenvalue weighted by Crippen LogP contribution is 2.21. The van der Waals surface area contributed by atoms with Crippen molar-refractivity contribution >= 4 is 23.6 Å². The SMILES string of the molecule is CC(NC(=O)NCC(O)C(=O)O)c1ccccc1Cl. The van der Waals surface area contributed by atoms with Crippen LogP contribution in [-0.2, 0) is 4.79 Å². The Morgan fingerprint density at radius 2 is 2.00 bits per heavy atom. The highest BCUT2D eigenvalue weighted by molar-refractivity contribution is 6.31. The molecule has 0 fully saturated rings. The van der Waals surface area contributed by atoms with Gasteiger partial charge in [-0.3, -0.25) is 0 Å². The van der Waals surface area contributed by atoms with Crippen LogP contribution in [0.3, 0.4) is 0 Å². The topological polar surface area (TPSA) is 98.7 Å². The molecule has 4 N–H and O–H groups in total. The number of carbonyl (C=O) groups excluding carboxylic acids is 1. The van der Waals surface area contributed by atoms with Crippen molar-refractivity contribution in [3.8, 4) is 0 Å². The first-order chi connectivity index (χ1) is 8.91. The maximum absolute atomic E-state index is 11.5. The number of nitrogens with one attached hydrogen (secondary N) is 2. The molecule has 0 saturated heterocycles. The summed E-state index contributed by atoms with van der Waals surface area (Å²) in [6.45, 7) is 1.38. The fraction of sp³-hybridized carbons (Fsp3) is 0.333. The molecule has 0 aliphatic heterocycles. The second kappa shape index (κ2) is 6.96. The maximum Gasteiger partial charge on any atom is 0.334 e. The second-order valence-corrected chi connectivity index (χ2v) is 4.36. The van der Waals surface area contributed by atoms with Crippen molar-refractivity contribution in [1.29, 1.82) is 0 Å². The Kier molecular flexibility index (Phi) is 5.59. The summed E-state index contributed by atoms with van der Waals surface area (Å²) in [6.07, 6.45) is -1.62. The van der Waals surface area contributed by atoms with Gasteiger partial charge in [-0.1, -0.05) is 29.8 Å². The van der Waals surface area contributed by atoms with Crippen LogP contribution >= 0.6 is 11.6 Å². The lowest BCUT2D eigenvalue weighted by molar-refractivity contribution is -0.146. The van der Waals surface area contributed by atoms with Crippen molar-refractivity contribution in [3.05, 3.63) is 34.9 Å². The number of hydrogen-bond acceptors (Lipinski definition) is 3. The third-order valence-electron chi connectivity index (χ3n) is 2.46. The van der Waals surface area contributed by atoms with Gasteiger partial charge in [-0.2, -0.15) is 0 Å². The summed E-state index contributed by atoms with van der Waals surface area (Å²) in [6, 6.07) is 6.15. The van der Waals surface area contributed by atoms with Gasteiger partial charge in [0.25, 0.3) is 0 Å². The number of carboxylic acids is 1. The molecule has 0 aromatic heterocycles. The average Bonchev–Trinajstić information content (AvgIpc) is 2.36. The molecule has 6 nitrogen and oxygen atoms in total. The second-order valence-electron chi connectivity index (χ2n) is 3.95. The summed E-state index contributed by atoms with van der Waals surface area (Å²) in [5.74, 6) is -1.39. The maximum atomic E-state index is 11.5. The third-order valence-corrected chi connectivity index (χ3v) is 2.80. The van der Waals surface area contributed by atoms with E-state index in [0.29, 0.717) is 5.02 Å². The van der Waals surface area contributed by atoms with E-state index in [0.717, 1.165) is 5.56 Å². The number of urea groups is 1. The van der Waals surface area contributed by atoms with Crippen molar-refractivity contribution < 1.29 is 19.8 Å². The van der Waals surface area contributed by atoms with E-state index in [9.17, 15) is 9.59 Å². The minimum atomic E-state index is -1.62. The van der Waals surface area contributed by atoms with Crippen LogP contribution in [-0.4, -0.2) is 34.9 Å². The molecule has 1 aromatic rings. The molecular weight excluding hydrogens is 272 g/mol. The van der Waals surface area contributed by atoms with Crippen LogP contribution < -0.4 is 10.6 Å². The molecule has 0 heterocycles. The van der Waals surface area contributed by atoms with Crippen LogP contribution in [0.15, 0.2) is 24.3 Å². The highest BCUT2D eigenvalue weighted by atomic mass is 35.5. The van der Waals surface area contributed by atoms with E-state index in [4.69, 9.17) is 21.8 Å². The summed E-state index contributed by atoms with van der Waals surface area (Å²) in [4.78, 5) is 21.9. The molecule has 2 unspecified atom stereocenters. The molecule has 0 saturated carbocycles. The molecule has 19 heavy (non-hydrogen) atoms. The zero-order valence-corrected chi connectivity index (χ0v) is 11.0. The number of halogens is 1. The number of aliphatic hydroxyl groups is 1. The van der Waals surface area contributed by atoms with Gasteiger partial charge in [-0.15, -0.1) is 0 Å². The number of rotatable bonds is 5. The summed E-state index contributed by atoms with van der Waals surface area (Å²) in [5, 5.41) is 22.8. The van der Waals surface area contributed by atoms with E-state index < -0.39 is 18.1 Å². The number of amides is 2. The highest BCUT2D eigenvalue weighted by Gasteiger charge is 2.16. The monoisotopic (exact) mass is 286 g/mol. The zero-order valence-electron chi connectivity index (χ0n) is 10.3. The van der Waals surface area contributed by atoms with Gasteiger partial charge in [-0.25, -0.2) is 9.59 Å². The number of aliphatic hydroxyl groups excluding tert-OH is 1. The molecule has 1 aromatic carbocycles. The van der Waals surface area contributed by atoms with E-state index in [2.05, 4.69) is 10.6 Å². The van der Waals surface area contributed by atoms with Crippen molar-refractivity contribution in [2.75, 3.05) is 6.54 Å². The molecule has 104 valence electrons. The number of hydrogen-bond donors (Lipinski definition) is 4. The van der Waals surface area contributed by atoms with Crippen molar-refractivity contribution in [1.82, 2.24) is 10.6 Å². The fourth-order valence-electron chi connectivity index (χ4n) is 1.43. The van der Waals surface area contributed by atoms with Crippen LogP contribution in [0.2, 0.25) is 5.02 Å². The summed E-state index contributed by atoms with van der Waals surface area (Å²) < 4.78 is 0. The van der Waals surface area contributed by atoms with E-state index in [1.54, 1.807) is 31.2 Å². The molecule has 0 radical (unpaired) electrons. The van der Waals surface area contributed by atoms with Gasteiger partial charge < -0.3 is 20.8 Å². The molecule has 0 aliphatic carbocycles. The lowest BCUT2D eigenvalue weighted by Crippen LogP contribution is -2.42. The first kappa shape index (κ1) is 15.3.